The van der Waals surface area contributed by atoms with Crippen molar-refractivity contribution in [2.24, 2.45) is 0 Å². The van der Waals surface area contributed by atoms with Crippen molar-refractivity contribution < 1.29 is 5.11 Å². The molecular formula is C12H20BrNOS. The molecule has 2 N–H and O–H groups in total. The van der Waals surface area contributed by atoms with Crippen molar-refractivity contribution >= 4 is 27.3 Å². The number of aryl methyl sites for hydroxylation is 1. The molecule has 1 aromatic rings. The zero-order valence-electron chi connectivity index (χ0n) is 10.1. The van der Waals surface area contributed by atoms with Crippen molar-refractivity contribution in [1.29, 1.82) is 0 Å². The summed E-state index contributed by atoms with van der Waals surface area (Å²) >= 11 is 5.29. The summed E-state index contributed by atoms with van der Waals surface area (Å²) in [6.07, 6.45) is 1.90. The highest BCUT2D eigenvalue weighted by Crippen LogP contribution is 2.28. The smallest absolute Gasteiger partial charge is 0.0730 e. The number of hydrogen-bond acceptors (Lipinski definition) is 3. The predicted molar refractivity (Wildman–Crippen MR) is 74.0 cm³/mol. The fraction of sp³-hybridized carbons (Fsp3) is 0.667. The van der Waals surface area contributed by atoms with Gasteiger partial charge in [-0.25, -0.2) is 0 Å². The minimum Gasteiger partial charge on any atom is -0.394 e. The summed E-state index contributed by atoms with van der Waals surface area (Å²) < 4.78 is 1.20. The summed E-state index contributed by atoms with van der Waals surface area (Å²) in [7, 11) is 0. The van der Waals surface area contributed by atoms with Crippen molar-refractivity contribution in [3.8, 4) is 0 Å². The Morgan fingerprint density at radius 2 is 2.06 bits per heavy atom. The lowest BCUT2D eigenvalue weighted by atomic mass is 9.94. The number of aliphatic hydroxyl groups excluding tert-OH is 1. The summed E-state index contributed by atoms with van der Waals surface area (Å²) in [6.45, 7) is 7.36. The first kappa shape index (κ1) is 14.2. The first-order valence-electron chi connectivity index (χ1n) is 5.67. The topological polar surface area (TPSA) is 32.3 Å². The van der Waals surface area contributed by atoms with Gasteiger partial charge in [0.1, 0.15) is 0 Å². The first-order valence-corrected chi connectivity index (χ1v) is 7.28. The summed E-state index contributed by atoms with van der Waals surface area (Å²) in [6, 6.07) is 2.19. The zero-order valence-corrected chi connectivity index (χ0v) is 12.5. The van der Waals surface area contributed by atoms with Gasteiger partial charge in [-0.3, -0.25) is 0 Å². The van der Waals surface area contributed by atoms with Crippen LogP contribution in [0.1, 0.15) is 37.1 Å². The molecule has 1 aromatic heterocycles. The highest BCUT2D eigenvalue weighted by atomic mass is 79.9. The van der Waals surface area contributed by atoms with Crippen molar-refractivity contribution in [2.75, 3.05) is 6.61 Å². The number of halogens is 1. The lowest BCUT2D eigenvalue weighted by molar-refractivity contribution is 0.150. The van der Waals surface area contributed by atoms with Crippen LogP contribution in [0.25, 0.3) is 0 Å². The Kier molecular flexibility index (Phi) is 5.44. The van der Waals surface area contributed by atoms with E-state index in [-0.39, 0.29) is 12.1 Å². The van der Waals surface area contributed by atoms with Crippen LogP contribution in [-0.4, -0.2) is 17.3 Å². The fourth-order valence-corrected chi connectivity index (χ4v) is 3.23. The van der Waals surface area contributed by atoms with Crippen LogP contribution in [0.5, 0.6) is 0 Å². The van der Waals surface area contributed by atoms with Crippen LogP contribution in [0.15, 0.2) is 9.85 Å². The average Bonchev–Trinajstić information content (AvgIpc) is 2.61. The Morgan fingerprint density at radius 3 is 2.44 bits per heavy atom. The number of hydrogen-bond donors (Lipinski definition) is 2. The van der Waals surface area contributed by atoms with Crippen LogP contribution in [0, 0.1) is 6.92 Å². The van der Waals surface area contributed by atoms with E-state index in [9.17, 15) is 5.11 Å². The van der Waals surface area contributed by atoms with E-state index in [2.05, 4.69) is 48.1 Å². The Labute approximate surface area is 110 Å². The second kappa shape index (κ2) is 6.15. The van der Waals surface area contributed by atoms with Gasteiger partial charge in [0.05, 0.1) is 10.4 Å². The number of aliphatic hydroxyl groups is 1. The molecule has 0 saturated carbocycles. The largest absolute Gasteiger partial charge is 0.394 e. The second-order valence-electron chi connectivity index (χ2n) is 4.17. The molecule has 0 atom stereocenters. The number of rotatable bonds is 6. The van der Waals surface area contributed by atoms with Gasteiger partial charge in [0.15, 0.2) is 0 Å². The molecule has 0 aliphatic rings. The summed E-state index contributed by atoms with van der Waals surface area (Å²) in [5, 5.41) is 12.9. The molecule has 0 spiro atoms. The van der Waals surface area contributed by atoms with E-state index in [1.807, 2.05) is 0 Å². The molecule has 0 fully saturated rings. The summed E-state index contributed by atoms with van der Waals surface area (Å²) in [4.78, 5) is 1.31. The molecule has 0 amide bonds. The van der Waals surface area contributed by atoms with Gasteiger partial charge in [-0.2, -0.15) is 0 Å². The first-order chi connectivity index (χ1) is 7.56. The SMILES string of the molecule is CCC(CC)(CO)NCc1cc(C)c(Br)s1. The maximum Gasteiger partial charge on any atom is 0.0730 e. The molecule has 16 heavy (non-hydrogen) atoms. The van der Waals surface area contributed by atoms with Crippen molar-refractivity contribution in [1.82, 2.24) is 5.32 Å². The Hall–Kier alpha value is 0.1000. The van der Waals surface area contributed by atoms with Gasteiger partial charge < -0.3 is 10.4 Å². The van der Waals surface area contributed by atoms with Crippen molar-refractivity contribution in [3.05, 3.63) is 20.3 Å². The van der Waals surface area contributed by atoms with E-state index < -0.39 is 0 Å². The van der Waals surface area contributed by atoms with E-state index in [0.717, 1.165) is 19.4 Å². The Bertz CT molecular complexity index is 306. The Balaban J connectivity index is 2.62. The van der Waals surface area contributed by atoms with Gasteiger partial charge in [0.2, 0.25) is 0 Å². The van der Waals surface area contributed by atoms with E-state index in [1.54, 1.807) is 11.3 Å². The lowest BCUT2D eigenvalue weighted by Crippen LogP contribution is -2.46. The fourth-order valence-electron chi connectivity index (χ4n) is 1.66. The molecule has 0 aliphatic heterocycles. The molecule has 0 aromatic carbocycles. The molecule has 0 aliphatic carbocycles. The zero-order chi connectivity index (χ0) is 12.2. The van der Waals surface area contributed by atoms with Crippen LogP contribution in [0.2, 0.25) is 0 Å². The molecule has 0 saturated heterocycles. The normalized spacial score (nSPS) is 12.1. The second-order valence-corrected chi connectivity index (χ2v) is 6.62. The molecule has 1 heterocycles. The highest BCUT2D eigenvalue weighted by Gasteiger charge is 2.24. The minimum absolute atomic E-state index is 0.121. The number of thiophene rings is 1. The lowest BCUT2D eigenvalue weighted by Gasteiger charge is -2.30. The quantitative estimate of drug-likeness (QED) is 0.843. The van der Waals surface area contributed by atoms with Crippen LogP contribution in [0.3, 0.4) is 0 Å². The molecule has 2 nitrogen and oxygen atoms in total. The Morgan fingerprint density at radius 1 is 1.44 bits per heavy atom. The van der Waals surface area contributed by atoms with Gasteiger partial charge in [-0.15, -0.1) is 11.3 Å². The van der Waals surface area contributed by atoms with Crippen LogP contribution in [0.4, 0.5) is 0 Å². The molecule has 0 radical (unpaired) electrons. The molecule has 92 valence electrons. The molecule has 0 bridgehead atoms. The predicted octanol–water partition coefficient (Wildman–Crippen LogP) is 3.46. The highest BCUT2D eigenvalue weighted by molar-refractivity contribution is 9.11. The third kappa shape index (κ3) is 3.29. The molecular weight excluding hydrogens is 286 g/mol. The van der Waals surface area contributed by atoms with Crippen LogP contribution < -0.4 is 5.32 Å². The van der Waals surface area contributed by atoms with Crippen molar-refractivity contribution in [3.63, 3.8) is 0 Å². The van der Waals surface area contributed by atoms with E-state index in [1.165, 1.54) is 14.2 Å². The van der Waals surface area contributed by atoms with Crippen molar-refractivity contribution in [2.45, 2.75) is 45.7 Å². The van der Waals surface area contributed by atoms with E-state index in [0.29, 0.717) is 0 Å². The third-order valence-electron chi connectivity index (χ3n) is 3.20. The standard InChI is InChI=1S/C12H20BrNOS/c1-4-12(5-2,8-15)14-7-10-6-9(3)11(13)16-10/h6,14-15H,4-5,7-8H2,1-3H3. The van der Waals surface area contributed by atoms with Crippen LogP contribution in [-0.2, 0) is 6.54 Å². The maximum atomic E-state index is 9.45. The molecule has 0 unspecified atom stereocenters. The van der Waals surface area contributed by atoms with Gasteiger partial charge in [-0.1, -0.05) is 13.8 Å². The maximum absolute atomic E-state index is 9.45. The van der Waals surface area contributed by atoms with Gasteiger partial charge in [0.25, 0.3) is 0 Å². The average molecular weight is 306 g/mol. The van der Waals surface area contributed by atoms with E-state index in [4.69, 9.17) is 0 Å². The van der Waals surface area contributed by atoms with Gasteiger partial charge in [0, 0.05) is 17.0 Å². The van der Waals surface area contributed by atoms with E-state index >= 15 is 0 Å². The monoisotopic (exact) mass is 305 g/mol. The van der Waals surface area contributed by atoms with Crippen LogP contribution >= 0.6 is 27.3 Å². The minimum atomic E-state index is -0.121. The van der Waals surface area contributed by atoms with Gasteiger partial charge >= 0.3 is 0 Å². The molecule has 1 rings (SSSR count). The van der Waals surface area contributed by atoms with Gasteiger partial charge in [-0.05, 0) is 47.3 Å². The third-order valence-corrected chi connectivity index (χ3v) is 5.34. The number of nitrogens with one attached hydrogen (secondary N) is 1. The summed E-state index contributed by atoms with van der Waals surface area (Å²) in [5.41, 5.74) is 1.16. The molecule has 4 heteroatoms. The summed E-state index contributed by atoms with van der Waals surface area (Å²) in [5.74, 6) is 0.